The van der Waals surface area contributed by atoms with Crippen LogP contribution in [-0.4, -0.2) is 134 Å². The van der Waals surface area contributed by atoms with Crippen LogP contribution in [0.2, 0.25) is 0 Å². The molecular formula is C35H70N4O8. The van der Waals surface area contributed by atoms with E-state index >= 15 is 0 Å². The van der Waals surface area contributed by atoms with Gasteiger partial charge in [0, 0.05) is 40.3 Å². The van der Waals surface area contributed by atoms with Crippen molar-refractivity contribution in [1.29, 1.82) is 0 Å². The highest BCUT2D eigenvalue weighted by Gasteiger charge is 2.21. The van der Waals surface area contributed by atoms with Gasteiger partial charge < -0.3 is 29.1 Å². The van der Waals surface area contributed by atoms with Crippen LogP contribution >= 0.6 is 0 Å². The molecule has 12 nitrogen and oxygen atoms in total. The van der Waals surface area contributed by atoms with Gasteiger partial charge in [0.25, 0.3) is 0 Å². The van der Waals surface area contributed by atoms with Crippen molar-refractivity contribution in [3.8, 4) is 0 Å². The summed E-state index contributed by atoms with van der Waals surface area (Å²) >= 11 is 0. The quantitative estimate of drug-likeness (QED) is 0.0771. The third-order valence-corrected chi connectivity index (χ3v) is 7.01. The van der Waals surface area contributed by atoms with Crippen LogP contribution in [-0.2, 0) is 23.8 Å². The van der Waals surface area contributed by atoms with E-state index in [0.29, 0.717) is 26.2 Å². The van der Waals surface area contributed by atoms with Crippen LogP contribution in [0.5, 0.6) is 0 Å². The normalized spacial score (nSPS) is 11.5. The highest BCUT2D eigenvalue weighted by atomic mass is 16.6. The molecule has 0 bridgehead atoms. The second kappa shape index (κ2) is 26.4. The second-order valence-electron chi connectivity index (χ2n) is 14.2. The van der Waals surface area contributed by atoms with Gasteiger partial charge in [0.2, 0.25) is 0 Å². The molecule has 0 aromatic rings. The van der Waals surface area contributed by atoms with Crippen molar-refractivity contribution in [3.05, 3.63) is 0 Å². The van der Waals surface area contributed by atoms with E-state index in [0.717, 1.165) is 38.8 Å². The maximum absolute atomic E-state index is 12.0. The Kier molecular flexibility index (Phi) is 26.1. The fraction of sp³-hybridized carbons (Fsp3) is 0.886. The Morgan fingerprint density at radius 3 is 1.23 bits per heavy atom. The average molecular weight is 675 g/mol. The molecule has 0 heterocycles. The molecule has 47 heavy (non-hydrogen) atoms. The van der Waals surface area contributed by atoms with Crippen molar-refractivity contribution < 1.29 is 38.5 Å². The minimum atomic E-state index is -0.835. The maximum atomic E-state index is 12.0. The summed E-state index contributed by atoms with van der Waals surface area (Å²) in [4.78, 5) is 53.4. The van der Waals surface area contributed by atoms with Gasteiger partial charge in [-0.15, -0.1) is 0 Å². The first-order chi connectivity index (χ1) is 21.8. The van der Waals surface area contributed by atoms with Gasteiger partial charge in [-0.1, -0.05) is 65.2 Å². The van der Waals surface area contributed by atoms with Gasteiger partial charge in [0.1, 0.15) is 11.2 Å². The van der Waals surface area contributed by atoms with Gasteiger partial charge in [-0.3, -0.25) is 19.4 Å². The van der Waals surface area contributed by atoms with Crippen LogP contribution in [0.15, 0.2) is 0 Å². The monoisotopic (exact) mass is 675 g/mol. The van der Waals surface area contributed by atoms with Crippen molar-refractivity contribution in [3.63, 3.8) is 0 Å². The minimum absolute atomic E-state index is 0.00986. The molecule has 1 N–H and O–H groups in total. The third kappa shape index (κ3) is 30.5. The predicted molar refractivity (Wildman–Crippen MR) is 188 cm³/mol. The Balaban J connectivity index is 0. The van der Waals surface area contributed by atoms with E-state index in [4.69, 9.17) is 19.3 Å². The molecule has 0 aromatic carbocycles. The molecule has 0 aliphatic heterocycles. The number of nitrogens with zero attached hydrogens (tertiary/aromatic N) is 4. The smallest absolute Gasteiger partial charge is 0.410 e. The number of carbonyl (C=O) groups is 4. The standard InChI is InChI=1S/C18H36N2O4.C17H34N2O4/c1-7-8-9-10-11-12-20(15-16(21)23-6)14-13-19(5)17(22)24-18(2,3)4;1-6-7-8-9-10-11-19(14-15(20)21)13-12-18(5)16(22)23-17(2,3)4/h7-15H2,1-6H3;6-14H2,1-5H3,(H,20,21). The summed E-state index contributed by atoms with van der Waals surface area (Å²) in [5.41, 5.74) is -1.03. The number of carbonyl (C=O) groups excluding carboxylic acids is 3. The van der Waals surface area contributed by atoms with Gasteiger partial charge in [0.05, 0.1) is 20.2 Å². The molecule has 0 fully saturated rings. The van der Waals surface area contributed by atoms with E-state index in [2.05, 4.69) is 13.8 Å². The molecule has 0 unspecified atom stereocenters. The van der Waals surface area contributed by atoms with Crippen molar-refractivity contribution in [2.24, 2.45) is 0 Å². The predicted octanol–water partition coefficient (Wildman–Crippen LogP) is 6.51. The van der Waals surface area contributed by atoms with Crippen LogP contribution in [0.1, 0.15) is 120 Å². The topological polar surface area (TPSA) is 129 Å². The largest absolute Gasteiger partial charge is 0.480 e. The number of rotatable bonds is 22. The zero-order valence-electron chi connectivity index (χ0n) is 31.8. The first kappa shape index (κ1) is 46.5. The summed E-state index contributed by atoms with van der Waals surface area (Å²) < 4.78 is 15.4. The summed E-state index contributed by atoms with van der Waals surface area (Å²) in [6.45, 7) is 19.4. The van der Waals surface area contributed by atoms with Crippen LogP contribution in [0, 0.1) is 0 Å². The number of methoxy groups -OCH3 is 1. The lowest BCUT2D eigenvalue weighted by atomic mass is 10.1. The van der Waals surface area contributed by atoms with Crippen molar-refractivity contribution in [2.75, 3.05) is 73.6 Å². The number of likely N-dealkylation sites (N-methyl/N-ethyl adjacent to an activating group) is 2. The van der Waals surface area contributed by atoms with E-state index in [1.54, 1.807) is 19.0 Å². The number of hydrogen-bond donors (Lipinski definition) is 1. The van der Waals surface area contributed by atoms with Gasteiger partial charge in [0.15, 0.2) is 0 Å². The van der Waals surface area contributed by atoms with Crippen LogP contribution in [0.25, 0.3) is 0 Å². The third-order valence-electron chi connectivity index (χ3n) is 7.01. The lowest BCUT2D eigenvalue weighted by Crippen LogP contribution is -2.41. The first-order valence-corrected chi connectivity index (χ1v) is 17.5. The van der Waals surface area contributed by atoms with Crippen molar-refractivity contribution in [2.45, 2.75) is 131 Å². The zero-order chi connectivity index (χ0) is 36.5. The molecule has 0 spiro atoms. The second-order valence-corrected chi connectivity index (χ2v) is 14.2. The van der Waals surface area contributed by atoms with Gasteiger partial charge in [-0.2, -0.15) is 0 Å². The summed E-state index contributed by atoms with van der Waals surface area (Å²) in [6, 6.07) is 0. The Bertz CT molecular complexity index is 857. The van der Waals surface area contributed by atoms with Crippen LogP contribution < -0.4 is 0 Å². The van der Waals surface area contributed by atoms with Crippen molar-refractivity contribution >= 4 is 24.1 Å². The lowest BCUT2D eigenvalue weighted by molar-refractivity contribution is -0.142. The van der Waals surface area contributed by atoms with E-state index < -0.39 is 17.2 Å². The van der Waals surface area contributed by atoms with E-state index in [1.165, 1.54) is 50.5 Å². The Morgan fingerprint density at radius 2 is 0.915 bits per heavy atom. The molecule has 12 heteroatoms. The zero-order valence-corrected chi connectivity index (χ0v) is 31.8. The molecule has 0 saturated heterocycles. The SMILES string of the molecule is CCCCCCCN(CCN(C)C(=O)OC(C)(C)C)CC(=O)O.CCCCCCCN(CCN(C)C(=O)OC(C)(C)C)CC(=O)OC. The number of aliphatic carboxylic acids is 1. The molecule has 0 aliphatic rings. The number of amides is 2. The molecular weight excluding hydrogens is 604 g/mol. The van der Waals surface area contributed by atoms with Crippen LogP contribution in [0.3, 0.4) is 0 Å². The van der Waals surface area contributed by atoms with E-state index in [-0.39, 0.29) is 31.2 Å². The molecule has 0 aromatic heterocycles. The first-order valence-electron chi connectivity index (χ1n) is 17.5. The number of esters is 1. The number of carboxylic acids is 1. The van der Waals surface area contributed by atoms with E-state index in [9.17, 15) is 19.2 Å². The fourth-order valence-electron chi connectivity index (χ4n) is 4.30. The summed E-state index contributed by atoms with van der Waals surface area (Å²) in [5.74, 6) is -1.08. The molecule has 0 rings (SSSR count). The summed E-state index contributed by atoms with van der Waals surface area (Å²) in [5, 5.41) is 9.01. The Labute approximate surface area is 286 Å². The Hall–Kier alpha value is -2.60. The van der Waals surface area contributed by atoms with Gasteiger partial charge >= 0.3 is 24.1 Å². The average Bonchev–Trinajstić information content (AvgIpc) is 2.95. The molecule has 0 saturated carbocycles. The number of ether oxygens (including phenoxy) is 3. The molecule has 0 radical (unpaired) electrons. The van der Waals surface area contributed by atoms with Crippen LogP contribution in [0.4, 0.5) is 9.59 Å². The van der Waals surface area contributed by atoms with E-state index in [1.807, 2.05) is 51.3 Å². The number of unbranched alkanes of at least 4 members (excludes halogenated alkanes) is 8. The minimum Gasteiger partial charge on any atom is -0.480 e. The highest BCUT2D eigenvalue weighted by Crippen LogP contribution is 2.11. The fourth-order valence-corrected chi connectivity index (χ4v) is 4.30. The lowest BCUT2D eigenvalue weighted by Gasteiger charge is -2.27. The van der Waals surface area contributed by atoms with Gasteiger partial charge in [-0.05, 0) is 67.5 Å². The molecule has 0 atom stereocenters. The van der Waals surface area contributed by atoms with Gasteiger partial charge in [-0.25, -0.2) is 9.59 Å². The number of carboxylic acid groups (broad SMARTS) is 1. The molecule has 0 aliphatic carbocycles. The molecule has 2 amide bonds. The van der Waals surface area contributed by atoms with Crippen molar-refractivity contribution in [1.82, 2.24) is 19.6 Å². The summed E-state index contributed by atoms with van der Waals surface area (Å²) in [6.07, 6.45) is 10.9. The number of hydrogen-bond acceptors (Lipinski definition) is 9. The maximum Gasteiger partial charge on any atom is 0.410 e. The Morgan fingerprint density at radius 1 is 0.553 bits per heavy atom. The molecule has 278 valence electrons. The highest BCUT2D eigenvalue weighted by molar-refractivity contribution is 5.71. The summed E-state index contributed by atoms with van der Waals surface area (Å²) in [7, 11) is 4.79.